The Labute approximate surface area is 139 Å². The third-order valence-corrected chi connectivity index (χ3v) is 4.35. The van der Waals surface area contributed by atoms with Gasteiger partial charge in [0.15, 0.2) is 0 Å². The van der Waals surface area contributed by atoms with Crippen LogP contribution in [0.5, 0.6) is 0 Å². The van der Waals surface area contributed by atoms with Gasteiger partial charge in [0.2, 0.25) is 5.91 Å². The van der Waals surface area contributed by atoms with Crippen LogP contribution >= 0.6 is 0 Å². The van der Waals surface area contributed by atoms with Crippen LogP contribution in [0.15, 0.2) is 24.3 Å². The molecule has 3 rings (SSSR count). The SMILES string of the molecule is CN1CC(=O)N(CC(=O)N2CCN(c3ccccc3F)CC2)C1=O. The first-order chi connectivity index (χ1) is 11.5. The van der Waals surface area contributed by atoms with E-state index >= 15 is 0 Å². The zero-order valence-electron chi connectivity index (χ0n) is 13.4. The minimum Gasteiger partial charge on any atom is -0.366 e. The number of hydrogen-bond donors (Lipinski definition) is 0. The first-order valence-electron chi connectivity index (χ1n) is 7.80. The predicted octanol–water partition coefficient (Wildman–Crippen LogP) is 0.368. The molecule has 0 N–H and O–H groups in total. The van der Waals surface area contributed by atoms with Gasteiger partial charge in [-0.2, -0.15) is 0 Å². The van der Waals surface area contributed by atoms with Gasteiger partial charge in [-0.15, -0.1) is 0 Å². The van der Waals surface area contributed by atoms with Crippen molar-refractivity contribution < 1.29 is 18.8 Å². The van der Waals surface area contributed by atoms with E-state index in [2.05, 4.69) is 0 Å². The molecule has 2 fully saturated rings. The topological polar surface area (TPSA) is 64.2 Å². The fourth-order valence-corrected chi connectivity index (χ4v) is 2.96. The van der Waals surface area contributed by atoms with E-state index in [1.54, 1.807) is 23.1 Å². The molecule has 0 atom stereocenters. The van der Waals surface area contributed by atoms with Crippen molar-refractivity contribution in [2.24, 2.45) is 0 Å². The van der Waals surface area contributed by atoms with Crippen LogP contribution in [0.3, 0.4) is 0 Å². The highest BCUT2D eigenvalue weighted by Gasteiger charge is 2.36. The average molecular weight is 334 g/mol. The maximum absolute atomic E-state index is 13.8. The molecule has 128 valence electrons. The molecular weight excluding hydrogens is 315 g/mol. The molecule has 7 nitrogen and oxygen atoms in total. The number of urea groups is 1. The number of rotatable bonds is 3. The number of likely N-dealkylation sites (N-methyl/N-ethyl adjacent to an activating group) is 1. The number of hydrogen-bond acceptors (Lipinski definition) is 4. The van der Waals surface area contributed by atoms with E-state index in [4.69, 9.17) is 0 Å². The van der Waals surface area contributed by atoms with Crippen molar-refractivity contribution in [1.29, 1.82) is 0 Å². The van der Waals surface area contributed by atoms with Gasteiger partial charge in [-0.25, -0.2) is 9.18 Å². The van der Waals surface area contributed by atoms with Crippen molar-refractivity contribution >= 4 is 23.5 Å². The van der Waals surface area contributed by atoms with E-state index in [0.29, 0.717) is 31.9 Å². The van der Waals surface area contributed by atoms with E-state index in [1.165, 1.54) is 18.0 Å². The smallest absolute Gasteiger partial charge is 0.327 e. The Morgan fingerprint density at radius 3 is 2.38 bits per heavy atom. The van der Waals surface area contributed by atoms with Crippen molar-refractivity contribution in [1.82, 2.24) is 14.7 Å². The second-order valence-electron chi connectivity index (χ2n) is 5.94. The highest BCUT2D eigenvalue weighted by atomic mass is 19.1. The van der Waals surface area contributed by atoms with E-state index in [9.17, 15) is 18.8 Å². The van der Waals surface area contributed by atoms with Crippen molar-refractivity contribution in [3.05, 3.63) is 30.1 Å². The molecule has 4 amide bonds. The molecule has 0 aromatic heterocycles. The first kappa shape index (κ1) is 16.2. The minimum atomic E-state index is -0.446. The van der Waals surface area contributed by atoms with Crippen molar-refractivity contribution in [3.63, 3.8) is 0 Å². The Morgan fingerprint density at radius 2 is 1.79 bits per heavy atom. The molecule has 0 spiro atoms. The fourth-order valence-electron chi connectivity index (χ4n) is 2.96. The Hall–Kier alpha value is -2.64. The summed E-state index contributed by atoms with van der Waals surface area (Å²) in [6.45, 7) is 1.65. The number of para-hydroxylation sites is 1. The molecule has 0 aliphatic carbocycles. The number of halogens is 1. The molecule has 0 saturated carbocycles. The van der Waals surface area contributed by atoms with Gasteiger partial charge in [-0.1, -0.05) is 12.1 Å². The molecule has 2 saturated heterocycles. The summed E-state index contributed by atoms with van der Waals surface area (Å²) in [5.41, 5.74) is 0.524. The first-order valence-corrected chi connectivity index (χ1v) is 7.80. The lowest BCUT2D eigenvalue weighted by molar-refractivity contribution is -0.136. The largest absolute Gasteiger partial charge is 0.366 e. The summed E-state index contributed by atoms with van der Waals surface area (Å²) in [7, 11) is 1.53. The number of anilines is 1. The lowest BCUT2D eigenvalue weighted by atomic mass is 10.2. The summed E-state index contributed by atoms with van der Waals surface area (Å²) in [5, 5.41) is 0. The van der Waals surface area contributed by atoms with Crippen LogP contribution in [-0.2, 0) is 9.59 Å². The second kappa shape index (κ2) is 6.46. The Balaban J connectivity index is 1.57. The third-order valence-electron chi connectivity index (χ3n) is 4.35. The maximum Gasteiger partial charge on any atom is 0.327 e. The number of imide groups is 1. The zero-order chi connectivity index (χ0) is 17.3. The summed E-state index contributed by atoms with van der Waals surface area (Å²) < 4.78 is 13.8. The Kier molecular flexibility index (Phi) is 4.37. The summed E-state index contributed by atoms with van der Waals surface area (Å²) in [6.07, 6.45) is 0. The van der Waals surface area contributed by atoms with Gasteiger partial charge in [-0.05, 0) is 12.1 Å². The van der Waals surface area contributed by atoms with E-state index in [0.717, 1.165) is 4.90 Å². The summed E-state index contributed by atoms with van der Waals surface area (Å²) in [5.74, 6) is -0.908. The number of nitrogens with zero attached hydrogens (tertiary/aromatic N) is 4. The average Bonchev–Trinajstić information content (AvgIpc) is 2.82. The molecule has 2 aliphatic heterocycles. The molecule has 1 aromatic carbocycles. The van der Waals surface area contributed by atoms with Crippen LogP contribution in [0.2, 0.25) is 0 Å². The summed E-state index contributed by atoms with van der Waals surface area (Å²) in [4.78, 5) is 41.6. The quantitative estimate of drug-likeness (QED) is 0.749. The summed E-state index contributed by atoms with van der Waals surface area (Å²) >= 11 is 0. The lowest BCUT2D eigenvalue weighted by Gasteiger charge is -2.36. The second-order valence-corrected chi connectivity index (χ2v) is 5.94. The van der Waals surface area contributed by atoms with Gasteiger partial charge < -0.3 is 14.7 Å². The minimum absolute atomic E-state index is 0.00712. The van der Waals surface area contributed by atoms with Crippen LogP contribution in [-0.4, -0.2) is 78.9 Å². The van der Waals surface area contributed by atoms with Crippen molar-refractivity contribution in [3.8, 4) is 0 Å². The van der Waals surface area contributed by atoms with Gasteiger partial charge >= 0.3 is 6.03 Å². The standard InChI is InChI=1S/C16H19FN4O3/c1-18-10-15(23)21(16(18)24)11-14(22)20-8-6-19(7-9-20)13-5-3-2-4-12(13)17/h2-5H,6-11H2,1H3. The number of carbonyl (C=O) groups excluding carboxylic acids is 3. The number of benzene rings is 1. The predicted molar refractivity (Wildman–Crippen MR) is 84.9 cm³/mol. The number of amides is 4. The number of carbonyl (C=O) groups is 3. The van der Waals surface area contributed by atoms with Gasteiger partial charge in [0, 0.05) is 33.2 Å². The van der Waals surface area contributed by atoms with Crippen molar-refractivity contribution in [2.75, 3.05) is 51.2 Å². The fraction of sp³-hybridized carbons (Fsp3) is 0.438. The highest BCUT2D eigenvalue weighted by Crippen LogP contribution is 2.20. The van der Waals surface area contributed by atoms with Crippen LogP contribution in [0.1, 0.15) is 0 Å². The van der Waals surface area contributed by atoms with Gasteiger partial charge in [0.1, 0.15) is 18.9 Å². The van der Waals surface area contributed by atoms with E-state index in [-0.39, 0.29) is 30.7 Å². The van der Waals surface area contributed by atoms with E-state index < -0.39 is 6.03 Å². The number of piperazine rings is 1. The Bertz CT molecular complexity index is 673. The van der Waals surface area contributed by atoms with Crippen LogP contribution in [0, 0.1) is 5.82 Å². The van der Waals surface area contributed by atoms with Gasteiger partial charge in [0.05, 0.1) is 5.69 Å². The zero-order valence-corrected chi connectivity index (χ0v) is 13.4. The molecule has 1 aromatic rings. The van der Waals surface area contributed by atoms with Crippen LogP contribution in [0.4, 0.5) is 14.9 Å². The van der Waals surface area contributed by atoms with Crippen molar-refractivity contribution in [2.45, 2.75) is 0 Å². The van der Waals surface area contributed by atoms with Crippen LogP contribution in [0.25, 0.3) is 0 Å². The van der Waals surface area contributed by atoms with Crippen LogP contribution < -0.4 is 4.90 Å². The molecule has 0 bridgehead atoms. The third kappa shape index (κ3) is 3.04. The molecule has 0 unspecified atom stereocenters. The molecule has 2 heterocycles. The highest BCUT2D eigenvalue weighted by molar-refractivity contribution is 6.04. The van der Waals surface area contributed by atoms with Gasteiger partial charge in [-0.3, -0.25) is 14.5 Å². The molecule has 2 aliphatic rings. The monoisotopic (exact) mass is 334 g/mol. The molecule has 0 radical (unpaired) electrons. The molecule has 8 heteroatoms. The van der Waals surface area contributed by atoms with Gasteiger partial charge in [0.25, 0.3) is 5.91 Å². The molecule has 24 heavy (non-hydrogen) atoms. The summed E-state index contributed by atoms with van der Waals surface area (Å²) in [6, 6.07) is 6.09. The maximum atomic E-state index is 13.8. The Morgan fingerprint density at radius 1 is 1.12 bits per heavy atom. The van der Waals surface area contributed by atoms with E-state index in [1.807, 2.05) is 4.90 Å². The lowest BCUT2D eigenvalue weighted by Crippen LogP contribution is -2.52. The normalized spacial score (nSPS) is 18.6. The molecular formula is C16H19FN4O3.